The molecule has 0 spiro atoms. The molecule has 1 saturated heterocycles. The van der Waals surface area contributed by atoms with E-state index in [2.05, 4.69) is 59.8 Å². The number of hydrogen-bond acceptors (Lipinski definition) is 8. The molecular weight excluding hydrogens is 412 g/mol. The molecule has 0 aliphatic carbocycles. The highest BCUT2D eigenvalue weighted by Gasteiger charge is 2.15. The first kappa shape index (κ1) is 21.0. The quantitative estimate of drug-likeness (QED) is 0.417. The molecule has 0 saturated carbocycles. The van der Waals surface area contributed by atoms with Crippen molar-refractivity contribution in [2.24, 2.45) is 5.92 Å². The van der Waals surface area contributed by atoms with E-state index in [9.17, 15) is 0 Å². The van der Waals surface area contributed by atoms with Gasteiger partial charge in [0.2, 0.25) is 5.95 Å². The zero-order chi connectivity index (χ0) is 22.6. The van der Waals surface area contributed by atoms with Gasteiger partial charge in [0.1, 0.15) is 11.5 Å². The van der Waals surface area contributed by atoms with Gasteiger partial charge in [-0.1, -0.05) is 18.2 Å². The molecule has 0 amide bonds. The summed E-state index contributed by atoms with van der Waals surface area (Å²) in [4.78, 5) is 22.3. The Labute approximate surface area is 192 Å². The van der Waals surface area contributed by atoms with E-state index < -0.39 is 0 Å². The summed E-state index contributed by atoms with van der Waals surface area (Å²) in [7, 11) is 0. The molecule has 0 radical (unpaired) electrons. The first-order valence-electron chi connectivity index (χ1n) is 11.1. The van der Waals surface area contributed by atoms with Crippen LogP contribution in [0.4, 0.5) is 17.5 Å². The maximum absolute atomic E-state index is 6.26. The van der Waals surface area contributed by atoms with E-state index in [1.165, 1.54) is 12.0 Å². The summed E-state index contributed by atoms with van der Waals surface area (Å²) >= 11 is 0. The van der Waals surface area contributed by atoms with Crippen LogP contribution in [-0.2, 0) is 6.42 Å². The van der Waals surface area contributed by atoms with E-state index in [1.54, 1.807) is 18.5 Å². The number of aromatic nitrogens is 5. The highest BCUT2D eigenvalue weighted by Crippen LogP contribution is 2.25. The van der Waals surface area contributed by atoms with Crippen LogP contribution in [-0.4, -0.2) is 38.0 Å². The van der Waals surface area contributed by atoms with E-state index in [0.29, 0.717) is 34.5 Å². The fraction of sp³-hybridized carbons (Fsp3) is 0.240. The van der Waals surface area contributed by atoms with E-state index in [4.69, 9.17) is 5.73 Å². The predicted octanol–water partition coefficient (Wildman–Crippen LogP) is 3.78. The van der Waals surface area contributed by atoms with Gasteiger partial charge in [-0.15, -0.1) is 0 Å². The summed E-state index contributed by atoms with van der Waals surface area (Å²) < 4.78 is 0. The molecule has 33 heavy (non-hydrogen) atoms. The molecule has 5 rings (SSSR count). The highest BCUT2D eigenvalue weighted by atomic mass is 15.1. The van der Waals surface area contributed by atoms with Gasteiger partial charge in [0.25, 0.3) is 0 Å². The molecule has 166 valence electrons. The van der Waals surface area contributed by atoms with E-state index in [0.717, 1.165) is 36.8 Å². The maximum atomic E-state index is 6.26. The predicted molar refractivity (Wildman–Crippen MR) is 130 cm³/mol. The molecule has 4 N–H and O–H groups in total. The van der Waals surface area contributed by atoms with Gasteiger partial charge >= 0.3 is 0 Å². The van der Waals surface area contributed by atoms with Gasteiger partial charge in [0.15, 0.2) is 5.82 Å². The molecule has 3 aromatic heterocycles. The molecule has 1 aliphatic heterocycles. The Balaban J connectivity index is 1.31. The summed E-state index contributed by atoms with van der Waals surface area (Å²) in [5.74, 6) is 2.05. The van der Waals surface area contributed by atoms with Crippen LogP contribution >= 0.6 is 0 Å². The van der Waals surface area contributed by atoms with E-state index in [-0.39, 0.29) is 0 Å². The molecule has 8 nitrogen and oxygen atoms in total. The Morgan fingerprint density at radius 1 is 1.00 bits per heavy atom. The van der Waals surface area contributed by atoms with Crippen LogP contribution < -0.4 is 16.4 Å². The van der Waals surface area contributed by atoms with Crippen molar-refractivity contribution in [1.29, 1.82) is 0 Å². The Hall–Kier alpha value is -3.91. The number of anilines is 3. The zero-order valence-electron chi connectivity index (χ0n) is 18.5. The third kappa shape index (κ3) is 4.96. The van der Waals surface area contributed by atoms with Crippen LogP contribution in [0.2, 0.25) is 0 Å². The molecule has 0 bridgehead atoms. The van der Waals surface area contributed by atoms with Crippen molar-refractivity contribution in [3.8, 4) is 22.8 Å². The van der Waals surface area contributed by atoms with Gasteiger partial charge in [-0.3, -0.25) is 0 Å². The van der Waals surface area contributed by atoms with Crippen molar-refractivity contribution in [2.45, 2.75) is 19.8 Å². The first-order chi connectivity index (χ1) is 16.1. The summed E-state index contributed by atoms with van der Waals surface area (Å²) in [6.07, 6.45) is 5.72. The number of nitrogen functional groups attached to an aromatic ring is 1. The van der Waals surface area contributed by atoms with Crippen molar-refractivity contribution in [3.05, 3.63) is 72.2 Å². The van der Waals surface area contributed by atoms with Crippen molar-refractivity contribution in [2.75, 3.05) is 24.1 Å². The normalized spacial score (nSPS) is 15.5. The van der Waals surface area contributed by atoms with E-state index >= 15 is 0 Å². The smallest absolute Gasteiger partial charge is 0.229 e. The van der Waals surface area contributed by atoms with Crippen molar-refractivity contribution >= 4 is 17.5 Å². The minimum Gasteiger partial charge on any atom is -0.383 e. The number of rotatable bonds is 6. The average Bonchev–Trinajstić information content (AvgIpc) is 3.34. The third-order valence-corrected chi connectivity index (χ3v) is 5.76. The number of nitrogens with one attached hydrogen (secondary N) is 2. The number of benzene rings is 1. The molecule has 1 aromatic carbocycles. The third-order valence-electron chi connectivity index (χ3n) is 5.76. The fourth-order valence-electron chi connectivity index (χ4n) is 4.03. The molecule has 1 unspecified atom stereocenters. The molecule has 4 aromatic rings. The monoisotopic (exact) mass is 438 g/mol. The second-order valence-electron chi connectivity index (χ2n) is 8.31. The SMILES string of the molecule is Cc1cccc(-c2nccc(-c3cnc(Nc4ccc(CC5CCNC5)cc4)nc3N)n2)n1. The van der Waals surface area contributed by atoms with Crippen LogP contribution in [0.1, 0.15) is 17.7 Å². The van der Waals surface area contributed by atoms with Crippen LogP contribution in [0.5, 0.6) is 0 Å². The number of nitrogens with zero attached hydrogens (tertiary/aromatic N) is 5. The van der Waals surface area contributed by atoms with Crippen molar-refractivity contribution < 1.29 is 0 Å². The Morgan fingerprint density at radius 2 is 1.88 bits per heavy atom. The molecule has 1 atom stereocenters. The number of aryl methyl sites for hydroxylation is 1. The second-order valence-corrected chi connectivity index (χ2v) is 8.31. The second kappa shape index (κ2) is 9.30. The molecular formula is C25H26N8. The summed E-state index contributed by atoms with van der Waals surface area (Å²) in [5, 5.41) is 6.65. The van der Waals surface area contributed by atoms with Gasteiger partial charge in [0, 0.05) is 23.8 Å². The van der Waals surface area contributed by atoms with Crippen LogP contribution in [0.15, 0.2) is 60.9 Å². The number of nitrogens with two attached hydrogens (primary N) is 1. The lowest BCUT2D eigenvalue weighted by Gasteiger charge is -2.11. The zero-order valence-corrected chi connectivity index (χ0v) is 18.5. The number of hydrogen-bond donors (Lipinski definition) is 3. The lowest BCUT2D eigenvalue weighted by molar-refractivity contribution is 0.580. The lowest BCUT2D eigenvalue weighted by Crippen LogP contribution is -2.10. The Kier molecular flexibility index (Phi) is 5.91. The fourth-order valence-corrected chi connectivity index (χ4v) is 4.03. The van der Waals surface area contributed by atoms with Gasteiger partial charge in [0.05, 0.1) is 11.3 Å². The molecule has 8 heteroatoms. The Bertz CT molecular complexity index is 1250. The van der Waals surface area contributed by atoms with Gasteiger partial charge in [-0.25, -0.2) is 19.9 Å². The van der Waals surface area contributed by atoms with Gasteiger partial charge in [-0.05, 0) is 74.7 Å². The van der Waals surface area contributed by atoms with Gasteiger partial charge in [-0.2, -0.15) is 4.98 Å². The van der Waals surface area contributed by atoms with Crippen molar-refractivity contribution in [3.63, 3.8) is 0 Å². The van der Waals surface area contributed by atoms with Crippen LogP contribution in [0.3, 0.4) is 0 Å². The maximum Gasteiger partial charge on any atom is 0.229 e. The lowest BCUT2D eigenvalue weighted by atomic mass is 9.99. The Morgan fingerprint density at radius 3 is 2.64 bits per heavy atom. The first-order valence-corrected chi connectivity index (χ1v) is 11.1. The van der Waals surface area contributed by atoms with Crippen molar-refractivity contribution in [1.82, 2.24) is 30.2 Å². The molecule has 1 aliphatic rings. The van der Waals surface area contributed by atoms with Crippen LogP contribution in [0.25, 0.3) is 22.8 Å². The molecule has 1 fully saturated rings. The van der Waals surface area contributed by atoms with E-state index in [1.807, 2.05) is 25.1 Å². The standard InChI is InChI=1S/C25H26N8/c1-16-3-2-4-22(30-16)24-28-12-10-21(32-24)20-15-29-25(33-23(20)26)31-19-7-5-17(6-8-19)13-18-9-11-27-14-18/h2-8,10,12,15,18,27H,9,11,13-14H2,1H3,(H3,26,29,31,33). The number of pyridine rings is 1. The summed E-state index contributed by atoms with van der Waals surface area (Å²) in [6.45, 7) is 4.17. The molecule has 4 heterocycles. The average molecular weight is 439 g/mol. The van der Waals surface area contributed by atoms with Gasteiger partial charge < -0.3 is 16.4 Å². The summed E-state index contributed by atoms with van der Waals surface area (Å²) in [6, 6.07) is 16.0. The minimum absolute atomic E-state index is 0.347. The topological polar surface area (TPSA) is 115 Å². The van der Waals surface area contributed by atoms with Crippen LogP contribution in [0, 0.1) is 12.8 Å². The largest absolute Gasteiger partial charge is 0.383 e. The summed E-state index contributed by atoms with van der Waals surface area (Å²) in [5.41, 5.74) is 11.4. The highest BCUT2D eigenvalue weighted by molar-refractivity contribution is 5.72. The minimum atomic E-state index is 0.347.